The van der Waals surface area contributed by atoms with E-state index in [1.165, 1.54) is 5.56 Å². The van der Waals surface area contributed by atoms with Crippen molar-refractivity contribution < 1.29 is 9.53 Å². The molecule has 2 aliphatic rings. The topological polar surface area (TPSA) is 29.5 Å². The molecule has 1 aromatic rings. The van der Waals surface area contributed by atoms with Gasteiger partial charge < -0.3 is 9.64 Å². The average molecular weight is 287 g/mol. The minimum atomic E-state index is -0.400. The van der Waals surface area contributed by atoms with Crippen LogP contribution in [0, 0.1) is 11.8 Å². The number of hydrogen-bond donors (Lipinski definition) is 0. The van der Waals surface area contributed by atoms with Crippen LogP contribution >= 0.6 is 0 Å². The van der Waals surface area contributed by atoms with Crippen molar-refractivity contribution in [2.75, 3.05) is 6.54 Å². The van der Waals surface area contributed by atoms with E-state index in [1.807, 2.05) is 25.7 Å². The van der Waals surface area contributed by atoms with Gasteiger partial charge in [-0.2, -0.15) is 0 Å². The third kappa shape index (κ3) is 3.22. The summed E-state index contributed by atoms with van der Waals surface area (Å²) in [6.07, 6.45) is 3.29. The van der Waals surface area contributed by atoms with Crippen molar-refractivity contribution in [3.63, 3.8) is 0 Å². The lowest BCUT2D eigenvalue weighted by atomic mass is 9.88. The van der Waals surface area contributed by atoms with Crippen molar-refractivity contribution in [1.29, 1.82) is 0 Å². The molecule has 0 N–H and O–H groups in total. The first-order chi connectivity index (χ1) is 9.92. The fourth-order valence-corrected chi connectivity index (χ4v) is 3.77. The van der Waals surface area contributed by atoms with Crippen molar-refractivity contribution in [2.45, 2.75) is 51.7 Å². The van der Waals surface area contributed by atoms with Crippen LogP contribution in [-0.2, 0) is 11.2 Å². The molecule has 2 fully saturated rings. The van der Waals surface area contributed by atoms with Crippen molar-refractivity contribution in [3.05, 3.63) is 35.9 Å². The molecule has 1 heterocycles. The standard InChI is InChI=1S/C18H25NO2/c1-18(2,3)21-17(20)19-12-15-11-16(19)10-14(15)9-13-7-5-4-6-8-13/h4-8,14-16H,9-12H2,1-3H3. The first kappa shape index (κ1) is 14.4. The second kappa shape index (κ2) is 5.36. The lowest BCUT2D eigenvalue weighted by Crippen LogP contribution is -2.43. The number of hydrogen-bond acceptors (Lipinski definition) is 2. The number of nitrogens with zero attached hydrogens (tertiary/aromatic N) is 1. The number of ether oxygens (including phenoxy) is 1. The third-order valence-corrected chi connectivity index (χ3v) is 4.66. The van der Waals surface area contributed by atoms with Crippen molar-refractivity contribution in [1.82, 2.24) is 4.90 Å². The summed E-state index contributed by atoms with van der Waals surface area (Å²) in [5.41, 5.74) is 1.02. The Bertz CT molecular complexity index is 506. The number of amides is 1. The molecule has 1 amide bonds. The van der Waals surface area contributed by atoms with E-state index in [4.69, 9.17) is 4.74 Å². The fraction of sp³-hybridized carbons (Fsp3) is 0.611. The van der Waals surface area contributed by atoms with Crippen LogP contribution in [-0.4, -0.2) is 29.2 Å². The van der Waals surface area contributed by atoms with E-state index in [1.54, 1.807) is 0 Å². The number of carbonyl (C=O) groups excluding carboxylic acids is 1. The third-order valence-electron chi connectivity index (χ3n) is 4.66. The monoisotopic (exact) mass is 287 g/mol. The summed E-state index contributed by atoms with van der Waals surface area (Å²) in [5, 5.41) is 0. The van der Waals surface area contributed by atoms with Gasteiger partial charge in [0.2, 0.25) is 0 Å². The predicted molar refractivity (Wildman–Crippen MR) is 83.1 cm³/mol. The van der Waals surface area contributed by atoms with Crippen LogP contribution in [0.4, 0.5) is 4.79 Å². The van der Waals surface area contributed by atoms with Gasteiger partial charge in [-0.15, -0.1) is 0 Å². The molecular weight excluding hydrogens is 262 g/mol. The lowest BCUT2D eigenvalue weighted by Gasteiger charge is -2.33. The van der Waals surface area contributed by atoms with Gasteiger partial charge in [-0.25, -0.2) is 4.79 Å². The van der Waals surface area contributed by atoms with E-state index in [9.17, 15) is 4.79 Å². The van der Waals surface area contributed by atoms with Gasteiger partial charge in [-0.05, 0) is 57.4 Å². The summed E-state index contributed by atoms with van der Waals surface area (Å²) in [5.74, 6) is 1.36. The molecule has 3 nitrogen and oxygen atoms in total. The van der Waals surface area contributed by atoms with Crippen LogP contribution in [0.15, 0.2) is 30.3 Å². The van der Waals surface area contributed by atoms with Crippen LogP contribution in [0.25, 0.3) is 0 Å². The highest BCUT2D eigenvalue weighted by Gasteiger charge is 2.47. The van der Waals surface area contributed by atoms with E-state index in [2.05, 4.69) is 30.3 Å². The van der Waals surface area contributed by atoms with Crippen LogP contribution in [0.5, 0.6) is 0 Å². The van der Waals surface area contributed by atoms with Crippen LogP contribution in [0.3, 0.4) is 0 Å². The summed E-state index contributed by atoms with van der Waals surface area (Å²) in [4.78, 5) is 14.2. The lowest BCUT2D eigenvalue weighted by molar-refractivity contribution is 0.0162. The second-order valence-corrected chi connectivity index (χ2v) is 7.47. The molecule has 3 unspecified atom stereocenters. The quantitative estimate of drug-likeness (QED) is 0.826. The first-order valence-corrected chi connectivity index (χ1v) is 7.96. The highest BCUT2D eigenvalue weighted by Crippen LogP contribution is 2.44. The summed E-state index contributed by atoms with van der Waals surface area (Å²) in [7, 11) is 0. The maximum Gasteiger partial charge on any atom is 0.410 e. The molecule has 3 rings (SSSR count). The number of likely N-dealkylation sites (tertiary alicyclic amines) is 1. The summed E-state index contributed by atoms with van der Waals surface area (Å²) in [6.45, 7) is 6.66. The highest BCUT2D eigenvalue weighted by atomic mass is 16.6. The zero-order valence-corrected chi connectivity index (χ0v) is 13.2. The minimum absolute atomic E-state index is 0.131. The zero-order chi connectivity index (χ0) is 15.0. The SMILES string of the molecule is CC(C)(C)OC(=O)N1CC2CC1CC2Cc1ccccc1. The molecule has 0 aromatic heterocycles. The Morgan fingerprint density at radius 2 is 1.95 bits per heavy atom. The Morgan fingerprint density at radius 1 is 1.24 bits per heavy atom. The minimum Gasteiger partial charge on any atom is -0.444 e. The maximum absolute atomic E-state index is 12.2. The summed E-state index contributed by atoms with van der Waals surface area (Å²) < 4.78 is 5.51. The average Bonchev–Trinajstić information content (AvgIpc) is 2.97. The molecular formula is C18H25NO2. The summed E-state index contributed by atoms with van der Waals surface area (Å²) >= 11 is 0. The number of carbonyl (C=O) groups is 1. The molecule has 2 bridgehead atoms. The van der Waals surface area contributed by atoms with E-state index in [-0.39, 0.29) is 6.09 Å². The Balaban J connectivity index is 1.58. The molecule has 0 radical (unpaired) electrons. The van der Waals surface area contributed by atoms with E-state index >= 15 is 0 Å². The zero-order valence-electron chi connectivity index (χ0n) is 13.2. The van der Waals surface area contributed by atoms with E-state index in [0.717, 1.165) is 31.7 Å². The largest absolute Gasteiger partial charge is 0.444 e. The first-order valence-electron chi connectivity index (χ1n) is 7.96. The number of rotatable bonds is 2. The molecule has 1 aliphatic carbocycles. The number of fused-ring (bicyclic) bond motifs is 2. The van der Waals surface area contributed by atoms with Gasteiger partial charge in [0.05, 0.1) is 0 Å². The van der Waals surface area contributed by atoms with Gasteiger partial charge in [0.15, 0.2) is 0 Å². The van der Waals surface area contributed by atoms with Gasteiger partial charge in [0, 0.05) is 12.6 Å². The Hall–Kier alpha value is -1.51. The molecule has 1 aromatic carbocycles. The molecule has 1 saturated heterocycles. The predicted octanol–water partition coefficient (Wildman–Crippen LogP) is 3.87. The van der Waals surface area contributed by atoms with Gasteiger partial charge in [-0.3, -0.25) is 0 Å². The van der Waals surface area contributed by atoms with Gasteiger partial charge in [0.25, 0.3) is 0 Å². The maximum atomic E-state index is 12.2. The number of piperidine rings is 1. The van der Waals surface area contributed by atoms with Gasteiger partial charge >= 0.3 is 6.09 Å². The highest BCUT2D eigenvalue weighted by molar-refractivity contribution is 5.69. The Morgan fingerprint density at radius 3 is 2.52 bits per heavy atom. The van der Waals surface area contributed by atoms with Crippen molar-refractivity contribution >= 4 is 6.09 Å². The van der Waals surface area contributed by atoms with Gasteiger partial charge in [-0.1, -0.05) is 30.3 Å². The van der Waals surface area contributed by atoms with Crippen LogP contribution in [0.1, 0.15) is 39.2 Å². The second-order valence-electron chi connectivity index (χ2n) is 7.47. The molecule has 3 heteroatoms. The molecule has 0 spiro atoms. The molecule has 1 saturated carbocycles. The van der Waals surface area contributed by atoms with E-state index in [0.29, 0.717) is 12.0 Å². The molecule has 1 aliphatic heterocycles. The number of benzene rings is 1. The van der Waals surface area contributed by atoms with Crippen LogP contribution < -0.4 is 0 Å². The van der Waals surface area contributed by atoms with E-state index < -0.39 is 5.60 Å². The Labute approximate surface area is 127 Å². The summed E-state index contributed by atoms with van der Waals surface area (Å²) in [6, 6.07) is 11.1. The molecule has 21 heavy (non-hydrogen) atoms. The van der Waals surface area contributed by atoms with Crippen molar-refractivity contribution in [3.8, 4) is 0 Å². The molecule has 3 atom stereocenters. The normalized spacial score (nSPS) is 28.0. The molecule has 114 valence electrons. The van der Waals surface area contributed by atoms with Crippen LogP contribution in [0.2, 0.25) is 0 Å². The van der Waals surface area contributed by atoms with Crippen molar-refractivity contribution in [2.24, 2.45) is 11.8 Å². The van der Waals surface area contributed by atoms with Gasteiger partial charge in [0.1, 0.15) is 5.60 Å². The smallest absolute Gasteiger partial charge is 0.410 e. The fourth-order valence-electron chi connectivity index (χ4n) is 3.77. The Kier molecular flexibility index (Phi) is 3.68.